The first-order valence-electron chi connectivity index (χ1n) is 25.9. The van der Waals surface area contributed by atoms with Gasteiger partial charge in [-0.15, -0.1) is 0 Å². The number of benzene rings is 2. The number of aryl methyl sites for hydroxylation is 2. The molecule has 1 aromatic heterocycles. The Balaban J connectivity index is 2.53. The fraction of sp³-hybridized carbons (Fsp3) is 0.625. The van der Waals surface area contributed by atoms with Crippen molar-refractivity contribution >= 4 is 24.0 Å². The van der Waals surface area contributed by atoms with E-state index in [2.05, 4.69) is 26.4 Å². The molecule has 384 valence electrons. The van der Waals surface area contributed by atoms with Crippen LogP contribution in [0.15, 0.2) is 60.7 Å². The highest BCUT2D eigenvalue weighted by molar-refractivity contribution is 5.91. The normalized spacial score (nSPS) is 17.4. The molecule has 0 saturated heterocycles. The van der Waals surface area contributed by atoms with Crippen LogP contribution < -0.4 is 21.4 Å². The standard InChI is InChI=1S/C56H88N6O7/c1-22-53(17,35(3)4)44(58-48(65)68-21)45(63)61-62(52(15,16)42-31-30-40(33-39(42)9)43-38(8)28-26-32-57-43)34-54(18,67)46(51(13,14)41-29-25-24-27-37(41)7)59-47(64)56(20,60-49(66)69-36(5)6)55(19,23-2)50(10,11)12/h24-33,35-36,44,46,67H,22-23,34H2,1-21H3,(H,58,65)(H,59,64)(H,60,66)(H,61,63)/t44-,46+,53?,54+,55?,56-/m1/s1/i30D,31D,33D. The SMILES string of the molecule is [2H]c1c([2H])c(C(C)(C)N(C[C@](C)(O)[C@@H](NC(=O)[C@@](C)(NC(=O)OC(C)C)C(C)(CC)C(C)(C)C)C(C)(C)c2ccccc2C)NC(=O)[C@@H](NC(=O)OC)C(C)(CC)C(C)C)c(C)c([2H])c1-c1ncccc1C. The lowest BCUT2D eigenvalue weighted by Crippen LogP contribution is -2.73. The molecule has 2 aromatic carbocycles. The molecule has 0 saturated carbocycles. The van der Waals surface area contributed by atoms with Crippen molar-refractivity contribution < 1.29 is 37.9 Å². The van der Waals surface area contributed by atoms with Crippen LogP contribution in [-0.2, 0) is 30.0 Å². The highest BCUT2D eigenvalue weighted by Gasteiger charge is 2.58. The van der Waals surface area contributed by atoms with Crippen molar-refractivity contribution in [2.24, 2.45) is 22.2 Å². The van der Waals surface area contributed by atoms with E-state index in [1.165, 1.54) is 12.1 Å². The average molecular weight is 960 g/mol. The minimum atomic E-state index is -2.03. The Kier molecular flexibility index (Phi) is 17.0. The molecule has 3 aromatic rings. The number of pyridine rings is 1. The maximum absolute atomic E-state index is 15.7. The molecule has 3 rings (SSSR count). The maximum atomic E-state index is 15.7. The van der Waals surface area contributed by atoms with E-state index >= 15 is 9.59 Å². The molecule has 13 nitrogen and oxygen atoms in total. The first-order valence-corrected chi connectivity index (χ1v) is 24.4. The van der Waals surface area contributed by atoms with Gasteiger partial charge in [-0.1, -0.05) is 119 Å². The minimum Gasteiger partial charge on any atom is -0.453 e. The number of hydrogen-bond donors (Lipinski definition) is 5. The number of aromatic nitrogens is 1. The third kappa shape index (κ3) is 12.3. The Morgan fingerprint density at radius 2 is 1.38 bits per heavy atom. The lowest BCUT2D eigenvalue weighted by Gasteiger charge is -2.54. The van der Waals surface area contributed by atoms with Crippen LogP contribution in [0.3, 0.4) is 0 Å². The topological polar surface area (TPSA) is 171 Å². The van der Waals surface area contributed by atoms with Gasteiger partial charge in [-0.2, -0.15) is 0 Å². The van der Waals surface area contributed by atoms with E-state index in [9.17, 15) is 18.8 Å². The van der Waals surface area contributed by atoms with Crippen molar-refractivity contribution in [2.75, 3.05) is 13.7 Å². The van der Waals surface area contributed by atoms with Crippen LogP contribution in [0.25, 0.3) is 11.3 Å². The van der Waals surface area contributed by atoms with Crippen molar-refractivity contribution in [1.82, 2.24) is 31.4 Å². The van der Waals surface area contributed by atoms with Gasteiger partial charge in [-0.25, -0.2) is 14.6 Å². The van der Waals surface area contributed by atoms with Gasteiger partial charge in [0.05, 0.1) is 40.2 Å². The van der Waals surface area contributed by atoms with Crippen molar-refractivity contribution in [3.63, 3.8) is 0 Å². The molecule has 0 aliphatic rings. The average Bonchev–Trinajstić information content (AvgIpc) is 3.27. The van der Waals surface area contributed by atoms with E-state index in [4.69, 9.17) is 9.47 Å². The zero-order valence-electron chi connectivity index (χ0n) is 48.8. The van der Waals surface area contributed by atoms with Gasteiger partial charge >= 0.3 is 12.2 Å². The molecule has 2 unspecified atom stereocenters. The molecule has 0 spiro atoms. The van der Waals surface area contributed by atoms with Gasteiger partial charge < -0.3 is 30.5 Å². The second kappa shape index (κ2) is 22.0. The maximum Gasteiger partial charge on any atom is 0.408 e. The van der Waals surface area contributed by atoms with E-state index in [1.807, 2.05) is 120 Å². The second-order valence-corrected chi connectivity index (χ2v) is 22.6. The number of carbonyl (C=O) groups excluding carboxylic acids is 4. The van der Waals surface area contributed by atoms with Gasteiger partial charge in [0.1, 0.15) is 11.6 Å². The number of alkyl carbamates (subject to hydrolysis) is 2. The third-order valence-electron chi connectivity index (χ3n) is 15.8. The quantitative estimate of drug-likeness (QED) is 0.0692. The number of methoxy groups -OCH3 is 1. The molecule has 13 heteroatoms. The van der Waals surface area contributed by atoms with Crippen molar-refractivity contribution in [3.8, 4) is 11.3 Å². The Labute approximate surface area is 419 Å². The fourth-order valence-electron chi connectivity index (χ4n) is 10.1. The van der Waals surface area contributed by atoms with Gasteiger partial charge in [-0.3, -0.25) is 20.0 Å². The molecule has 0 aliphatic heterocycles. The summed E-state index contributed by atoms with van der Waals surface area (Å²) in [5.74, 6) is -1.39. The molecule has 0 bridgehead atoms. The van der Waals surface area contributed by atoms with Crippen LogP contribution in [0.5, 0.6) is 0 Å². The van der Waals surface area contributed by atoms with Gasteiger partial charge in [0.15, 0.2) is 0 Å². The summed E-state index contributed by atoms with van der Waals surface area (Å²) >= 11 is 0. The summed E-state index contributed by atoms with van der Waals surface area (Å²) < 4.78 is 39.3. The molecule has 69 heavy (non-hydrogen) atoms. The first kappa shape index (κ1) is 53.3. The number of rotatable bonds is 20. The Morgan fingerprint density at radius 3 is 1.88 bits per heavy atom. The summed E-state index contributed by atoms with van der Waals surface area (Å²) in [6.07, 6.45) is 0.387. The van der Waals surface area contributed by atoms with Crippen molar-refractivity contribution in [2.45, 2.75) is 192 Å². The molecule has 6 atom stereocenters. The van der Waals surface area contributed by atoms with Gasteiger partial charge in [0, 0.05) is 29.1 Å². The number of nitrogens with one attached hydrogen (secondary N) is 4. The highest BCUT2D eigenvalue weighted by Crippen LogP contribution is 2.50. The number of aliphatic hydroxyl groups is 1. The monoisotopic (exact) mass is 960 g/mol. The van der Waals surface area contributed by atoms with Crippen LogP contribution >= 0.6 is 0 Å². The predicted octanol–water partition coefficient (Wildman–Crippen LogP) is 10.6. The smallest absolute Gasteiger partial charge is 0.408 e. The number of nitrogens with zero attached hydrogens (tertiary/aromatic N) is 2. The van der Waals surface area contributed by atoms with Crippen LogP contribution in [0, 0.1) is 42.9 Å². The minimum absolute atomic E-state index is 0.0334. The van der Waals surface area contributed by atoms with Crippen molar-refractivity contribution in [1.29, 1.82) is 0 Å². The second-order valence-electron chi connectivity index (χ2n) is 22.6. The van der Waals surface area contributed by atoms with E-state index in [1.54, 1.807) is 60.7 Å². The van der Waals surface area contributed by atoms with Crippen LogP contribution in [0.2, 0.25) is 0 Å². The number of ether oxygens (including phenoxy) is 2. The molecule has 0 fully saturated rings. The zero-order valence-corrected chi connectivity index (χ0v) is 45.8. The molecule has 0 radical (unpaired) electrons. The lowest BCUT2D eigenvalue weighted by molar-refractivity contribution is -0.146. The molecule has 5 N–H and O–H groups in total. The Morgan fingerprint density at radius 1 is 0.783 bits per heavy atom. The summed E-state index contributed by atoms with van der Waals surface area (Å²) in [6, 6.07) is 8.35. The predicted molar refractivity (Wildman–Crippen MR) is 277 cm³/mol. The van der Waals surface area contributed by atoms with Gasteiger partial charge in [-0.05, 0) is 132 Å². The third-order valence-corrected chi connectivity index (χ3v) is 15.8. The molecular formula is C56H88N6O7. The van der Waals surface area contributed by atoms with Gasteiger partial charge in [0.25, 0.3) is 5.91 Å². The summed E-state index contributed by atoms with van der Waals surface area (Å²) in [7, 11) is 1.21. The Hall–Kier alpha value is -5.01. The fourth-order valence-corrected chi connectivity index (χ4v) is 10.1. The van der Waals surface area contributed by atoms with Gasteiger partial charge in [0.2, 0.25) is 5.91 Å². The van der Waals surface area contributed by atoms with E-state index in [-0.39, 0.29) is 35.2 Å². The number of amides is 4. The van der Waals surface area contributed by atoms with Crippen molar-refractivity contribution in [3.05, 3.63) is 88.5 Å². The Bertz CT molecular complexity index is 2420. The zero-order chi connectivity index (χ0) is 55.5. The molecule has 1 heterocycles. The highest BCUT2D eigenvalue weighted by atomic mass is 16.6. The van der Waals surface area contributed by atoms with E-state index in [0.29, 0.717) is 24.1 Å². The molecule has 4 amide bonds. The van der Waals surface area contributed by atoms with E-state index in [0.717, 1.165) is 16.7 Å². The largest absolute Gasteiger partial charge is 0.453 e. The lowest BCUT2D eigenvalue weighted by atomic mass is 9.55. The van der Waals surface area contributed by atoms with Crippen LogP contribution in [0.4, 0.5) is 9.59 Å². The number of hydrazine groups is 1. The summed E-state index contributed by atoms with van der Waals surface area (Å²) in [5, 5.41) is 24.2. The summed E-state index contributed by atoms with van der Waals surface area (Å²) in [6.45, 7) is 36.7. The summed E-state index contributed by atoms with van der Waals surface area (Å²) in [5.41, 5.74) is -1.99. The van der Waals surface area contributed by atoms with E-state index < -0.39 is 87.1 Å². The van der Waals surface area contributed by atoms with Crippen LogP contribution in [0.1, 0.15) is 162 Å². The number of hydrogen-bond acceptors (Lipinski definition) is 9. The molecule has 0 aliphatic carbocycles. The number of carbonyl (C=O) groups is 4. The molecular weight excluding hydrogens is 869 g/mol. The summed E-state index contributed by atoms with van der Waals surface area (Å²) in [4.78, 5) is 62.3. The first-order chi connectivity index (χ1) is 32.9. The van der Waals surface area contributed by atoms with Crippen LogP contribution in [-0.4, -0.2) is 82.1 Å².